The molecule has 11 heteroatoms. The minimum Gasteiger partial charge on any atom is -0.490 e. The van der Waals surface area contributed by atoms with E-state index in [0.29, 0.717) is 18.9 Å². The van der Waals surface area contributed by atoms with Crippen LogP contribution in [-0.4, -0.2) is 87.4 Å². The quantitative estimate of drug-likeness (QED) is 0.417. The van der Waals surface area contributed by atoms with Crippen LogP contribution < -0.4 is 9.46 Å². The molecule has 4 rings (SSSR count). The molecule has 0 spiro atoms. The number of fused-ring (bicyclic) bond motifs is 1. The number of carbonyl (C=O) groups excluding carboxylic acids is 1. The Kier molecular flexibility index (Phi) is 11.4. The second-order valence-corrected chi connectivity index (χ2v) is 13.9. The Hall–Kier alpha value is -2.73. The molecule has 1 amide bonds. The molecule has 0 unspecified atom stereocenters. The molecule has 1 heterocycles. The summed E-state index contributed by atoms with van der Waals surface area (Å²) in [5.74, 6) is 0.140. The maximum Gasteiger partial charge on any atom is 0.261 e. The van der Waals surface area contributed by atoms with E-state index in [4.69, 9.17) is 9.47 Å². The molecule has 4 atom stereocenters. The summed E-state index contributed by atoms with van der Waals surface area (Å²) < 4.78 is 54.6. The third-order valence-electron chi connectivity index (χ3n) is 8.19. The van der Waals surface area contributed by atoms with Crippen molar-refractivity contribution in [2.75, 3.05) is 44.6 Å². The molecule has 1 saturated carbocycles. The molecule has 0 saturated heterocycles. The summed E-state index contributed by atoms with van der Waals surface area (Å²) in [6, 6.07) is 8.62. The van der Waals surface area contributed by atoms with Gasteiger partial charge in [-0.15, -0.1) is 0 Å². The van der Waals surface area contributed by atoms with Crippen molar-refractivity contribution in [2.45, 2.75) is 76.0 Å². The Labute approximate surface area is 255 Å². The van der Waals surface area contributed by atoms with Gasteiger partial charge in [0.05, 0.1) is 35.3 Å². The van der Waals surface area contributed by atoms with Crippen LogP contribution >= 0.6 is 0 Å². The third-order valence-corrected chi connectivity index (χ3v) is 9.58. The lowest BCUT2D eigenvalue weighted by Crippen LogP contribution is -2.47. The number of benzene rings is 2. The largest absolute Gasteiger partial charge is 0.490 e. The molecule has 1 fully saturated rings. The standard InChI is InChI=1S/C32H46FN3O6S/c1-22-18-36(23(2)21-37)32(38)29-17-27(34-43(39,40)28-13-10-26(33)11-14-28)12-15-30(29)42-24(3)7-5-6-16-41-31(22)20-35(4)19-25-8-9-25/h10-15,17,22-25,31,34,37H,5-9,16,18-21H2,1-4H3/t22-,23+,24+,31+/m1/s1. The van der Waals surface area contributed by atoms with E-state index in [0.717, 1.165) is 50.4 Å². The van der Waals surface area contributed by atoms with Crippen LogP contribution in [0.5, 0.6) is 5.75 Å². The van der Waals surface area contributed by atoms with E-state index in [9.17, 15) is 22.7 Å². The number of nitrogens with one attached hydrogen (secondary N) is 1. The molecular weight excluding hydrogens is 573 g/mol. The van der Waals surface area contributed by atoms with Gasteiger partial charge in [-0.05, 0) is 101 Å². The van der Waals surface area contributed by atoms with Crippen molar-refractivity contribution in [3.05, 3.63) is 53.8 Å². The number of hydrogen-bond acceptors (Lipinski definition) is 7. The van der Waals surface area contributed by atoms with Crippen LogP contribution in [0.1, 0.15) is 63.2 Å². The fourth-order valence-electron chi connectivity index (χ4n) is 5.40. The first-order valence-corrected chi connectivity index (χ1v) is 16.8. The van der Waals surface area contributed by atoms with Crippen LogP contribution in [0.3, 0.4) is 0 Å². The van der Waals surface area contributed by atoms with Crippen LogP contribution in [0.4, 0.5) is 10.1 Å². The van der Waals surface area contributed by atoms with Crippen molar-refractivity contribution in [3.63, 3.8) is 0 Å². The van der Waals surface area contributed by atoms with E-state index in [1.807, 2.05) is 6.92 Å². The monoisotopic (exact) mass is 619 g/mol. The van der Waals surface area contributed by atoms with E-state index in [1.54, 1.807) is 24.0 Å². The van der Waals surface area contributed by atoms with Gasteiger partial charge in [0.25, 0.3) is 15.9 Å². The first kappa shape index (κ1) is 33.2. The average Bonchev–Trinajstić information content (AvgIpc) is 3.78. The maximum atomic E-state index is 14.2. The Morgan fingerprint density at radius 1 is 1.09 bits per heavy atom. The highest BCUT2D eigenvalue weighted by Gasteiger charge is 2.31. The van der Waals surface area contributed by atoms with Gasteiger partial charge < -0.3 is 24.4 Å². The molecular formula is C32H46FN3O6S. The number of carbonyl (C=O) groups is 1. The number of aliphatic hydroxyl groups excluding tert-OH is 1. The number of ether oxygens (including phenoxy) is 2. The molecule has 0 bridgehead atoms. The van der Waals surface area contributed by atoms with Crippen LogP contribution in [0.2, 0.25) is 0 Å². The number of sulfonamides is 1. The van der Waals surface area contributed by atoms with Crippen molar-refractivity contribution in [1.29, 1.82) is 0 Å². The summed E-state index contributed by atoms with van der Waals surface area (Å²) in [4.78, 5) is 18.1. The molecule has 1 aliphatic carbocycles. The van der Waals surface area contributed by atoms with Crippen molar-refractivity contribution >= 4 is 21.6 Å². The van der Waals surface area contributed by atoms with Gasteiger partial charge in [0.1, 0.15) is 11.6 Å². The van der Waals surface area contributed by atoms with Gasteiger partial charge in [0.2, 0.25) is 0 Å². The van der Waals surface area contributed by atoms with Crippen molar-refractivity contribution in [1.82, 2.24) is 9.80 Å². The Morgan fingerprint density at radius 2 is 1.81 bits per heavy atom. The normalized spacial score (nSPS) is 23.3. The van der Waals surface area contributed by atoms with E-state index in [-0.39, 0.29) is 46.8 Å². The van der Waals surface area contributed by atoms with E-state index in [1.165, 1.54) is 31.0 Å². The van der Waals surface area contributed by atoms with Gasteiger partial charge in [-0.25, -0.2) is 12.8 Å². The van der Waals surface area contributed by atoms with Gasteiger partial charge in [-0.3, -0.25) is 9.52 Å². The summed E-state index contributed by atoms with van der Waals surface area (Å²) in [7, 11) is -1.93. The second-order valence-electron chi connectivity index (χ2n) is 12.2. The van der Waals surface area contributed by atoms with Gasteiger partial charge in [-0.1, -0.05) is 6.92 Å². The first-order valence-electron chi connectivity index (χ1n) is 15.3. The molecule has 238 valence electrons. The molecule has 43 heavy (non-hydrogen) atoms. The number of likely N-dealkylation sites (N-methyl/N-ethyl adjacent to an activating group) is 1. The molecule has 2 aromatic rings. The number of halogens is 1. The average molecular weight is 620 g/mol. The minimum atomic E-state index is -4.04. The maximum absolute atomic E-state index is 14.2. The molecule has 0 aromatic heterocycles. The predicted molar refractivity (Wildman–Crippen MR) is 164 cm³/mol. The fourth-order valence-corrected chi connectivity index (χ4v) is 6.45. The molecule has 2 N–H and O–H groups in total. The van der Waals surface area contributed by atoms with Gasteiger partial charge >= 0.3 is 0 Å². The highest BCUT2D eigenvalue weighted by Crippen LogP contribution is 2.31. The molecule has 2 aromatic carbocycles. The number of anilines is 1. The number of hydrogen-bond donors (Lipinski definition) is 2. The Bertz CT molecular complexity index is 1320. The Balaban J connectivity index is 1.65. The van der Waals surface area contributed by atoms with Crippen LogP contribution in [-0.2, 0) is 14.8 Å². The van der Waals surface area contributed by atoms with E-state index < -0.39 is 21.9 Å². The number of aliphatic hydroxyl groups is 1. The van der Waals surface area contributed by atoms with Crippen LogP contribution in [0, 0.1) is 17.7 Å². The summed E-state index contributed by atoms with van der Waals surface area (Å²) >= 11 is 0. The van der Waals surface area contributed by atoms with Crippen LogP contribution in [0.25, 0.3) is 0 Å². The molecule has 2 aliphatic rings. The lowest BCUT2D eigenvalue weighted by atomic mass is 10.0. The van der Waals surface area contributed by atoms with Crippen LogP contribution in [0.15, 0.2) is 47.4 Å². The topological polar surface area (TPSA) is 108 Å². The van der Waals surface area contributed by atoms with Crippen molar-refractivity contribution in [2.24, 2.45) is 11.8 Å². The first-order chi connectivity index (χ1) is 20.5. The van der Waals surface area contributed by atoms with Crippen molar-refractivity contribution < 1.29 is 32.2 Å². The number of nitrogens with zero attached hydrogens (tertiary/aromatic N) is 2. The SMILES string of the molecule is C[C@@H]1CN([C@@H](C)CO)C(=O)c2cc(NS(=O)(=O)c3ccc(F)cc3)ccc2O[C@@H](C)CCCCO[C@H]1CN(C)CC1CC1. The van der Waals surface area contributed by atoms with Crippen molar-refractivity contribution in [3.8, 4) is 5.75 Å². The predicted octanol–water partition coefficient (Wildman–Crippen LogP) is 4.76. The summed E-state index contributed by atoms with van der Waals surface area (Å²) in [6.45, 7) is 8.29. The summed E-state index contributed by atoms with van der Waals surface area (Å²) in [6.07, 6.45) is 4.78. The van der Waals surface area contributed by atoms with Gasteiger partial charge in [0, 0.05) is 37.8 Å². The minimum absolute atomic E-state index is 0.0361. The summed E-state index contributed by atoms with van der Waals surface area (Å²) in [5, 5.41) is 10.1. The summed E-state index contributed by atoms with van der Waals surface area (Å²) in [5.41, 5.74) is 0.361. The lowest BCUT2D eigenvalue weighted by molar-refractivity contribution is -0.0172. The lowest BCUT2D eigenvalue weighted by Gasteiger charge is -2.36. The fraction of sp³-hybridized carbons (Fsp3) is 0.594. The highest BCUT2D eigenvalue weighted by atomic mass is 32.2. The van der Waals surface area contributed by atoms with E-state index >= 15 is 0 Å². The zero-order chi connectivity index (χ0) is 31.1. The second kappa shape index (κ2) is 14.8. The highest BCUT2D eigenvalue weighted by molar-refractivity contribution is 7.92. The van der Waals surface area contributed by atoms with E-state index in [2.05, 4.69) is 23.6 Å². The molecule has 1 aliphatic heterocycles. The van der Waals surface area contributed by atoms with Gasteiger partial charge in [-0.2, -0.15) is 0 Å². The zero-order valence-corrected chi connectivity index (χ0v) is 26.5. The third kappa shape index (κ3) is 9.38. The number of amides is 1. The number of rotatable bonds is 9. The van der Waals surface area contributed by atoms with Gasteiger partial charge in [0.15, 0.2) is 0 Å². The molecule has 9 nitrogen and oxygen atoms in total. The zero-order valence-electron chi connectivity index (χ0n) is 25.7. The molecule has 0 radical (unpaired) electrons. The Morgan fingerprint density at radius 3 is 2.49 bits per heavy atom. The smallest absolute Gasteiger partial charge is 0.261 e.